The summed E-state index contributed by atoms with van der Waals surface area (Å²) in [5, 5.41) is 45.0. The van der Waals surface area contributed by atoms with Crippen molar-refractivity contribution in [1.82, 2.24) is 0 Å². The lowest BCUT2D eigenvalue weighted by Gasteiger charge is -2.54. The van der Waals surface area contributed by atoms with Crippen molar-refractivity contribution < 1.29 is 49.3 Å². The summed E-state index contributed by atoms with van der Waals surface area (Å²) < 4.78 is 12.2. The smallest absolute Gasteiger partial charge is 0.333 e. The molecule has 4 aliphatic carbocycles. The first-order chi connectivity index (χ1) is 18.0. The van der Waals surface area contributed by atoms with Gasteiger partial charge in [0.1, 0.15) is 12.2 Å². The summed E-state index contributed by atoms with van der Waals surface area (Å²) in [5.41, 5.74) is -6.10. The highest BCUT2D eigenvalue weighted by Gasteiger charge is 2.89. The summed E-state index contributed by atoms with van der Waals surface area (Å²) in [4.78, 5) is 44.4. The molecule has 10 heteroatoms. The van der Waals surface area contributed by atoms with Gasteiger partial charge in [0.05, 0.1) is 18.1 Å². The van der Waals surface area contributed by atoms with Gasteiger partial charge in [-0.25, -0.2) is 9.68 Å². The van der Waals surface area contributed by atoms with Crippen molar-refractivity contribution >= 4 is 17.7 Å². The maximum Gasteiger partial charge on any atom is 0.333 e. The summed E-state index contributed by atoms with van der Waals surface area (Å²) >= 11 is 0. The van der Waals surface area contributed by atoms with Crippen molar-refractivity contribution in [2.24, 2.45) is 35.0 Å². The van der Waals surface area contributed by atoms with Crippen molar-refractivity contribution in [3.8, 4) is 0 Å². The minimum absolute atomic E-state index is 0.00145. The zero-order valence-corrected chi connectivity index (χ0v) is 23.7. The number of carbonyl (C=O) groups is 3. The van der Waals surface area contributed by atoms with Gasteiger partial charge in [-0.1, -0.05) is 46.8 Å². The van der Waals surface area contributed by atoms with E-state index in [-0.39, 0.29) is 11.1 Å². The van der Waals surface area contributed by atoms with Crippen LogP contribution in [0.1, 0.15) is 55.4 Å². The molecule has 0 radical (unpaired) electrons. The Morgan fingerprint density at radius 2 is 1.82 bits per heavy atom. The highest BCUT2D eigenvalue weighted by Crippen LogP contribution is 2.77. The van der Waals surface area contributed by atoms with Gasteiger partial charge in [0, 0.05) is 34.7 Å². The highest BCUT2D eigenvalue weighted by molar-refractivity contribution is 6.06. The van der Waals surface area contributed by atoms with E-state index in [0.717, 1.165) is 6.08 Å². The van der Waals surface area contributed by atoms with Gasteiger partial charge in [-0.05, 0) is 38.0 Å². The number of hydrogen-bond acceptors (Lipinski definition) is 10. The zero-order valence-electron chi connectivity index (χ0n) is 23.7. The van der Waals surface area contributed by atoms with Gasteiger partial charge in [0.15, 0.2) is 17.0 Å². The fourth-order valence-corrected chi connectivity index (χ4v) is 7.62. The average molecular weight is 549 g/mol. The quantitative estimate of drug-likeness (QED) is 0.127. The summed E-state index contributed by atoms with van der Waals surface area (Å²) in [7, 11) is 0. The number of carbonyl (C=O) groups excluding carboxylic acids is 3. The molecule has 0 heterocycles. The van der Waals surface area contributed by atoms with Crippen LogP contribution >= 0.6 is 0 Å². The van der Waals surface area contributed by atoms with Crippen molar-refractivity contribution in [3.63, 3.8) is 0 Å². The van der Waals surface area contributed by atoms with Gasteiger partial charge < -0.3 is 24.8 Å². The van der Waals surface area contributed by atoms with E-state index in [1.54, 1.807) is 40.7 Å². The lowest BCUT2D eigenvalue weighted by atomic mass is 9.58. The molecule has 216 valence electrons. The van der Waals surface area contributed by atoms with E-state index < -0.39 is 88.3 Å². The summed E-state index contributed by atoms with van der Waals surface area (Å²) in [6, 6.07) is 0. The molecular formula is C29H40O10. The molecule has 9 atom stereocenters. The molecule has 0 unspecified atom stereocenters. The van der Waals surface area contributed by atoms with E-state index in [2.05, 4.69) is 0 Å². The Kier molecular flexibility index (Phi) is 7.09. The average Bonchev–Trinajstić information content (AvgIpc) is 3.29. The number of aliphatic hydroxyl groups is 3. The number of esters is 2. The van der Waals surface area contributed by atoms with Crippen LogP contribution in [0, 0.1) is 35.0 Å². The van der Waals surface area contributed by atoms with Crippen molar-refractivity contribution in [2.45, 2.75) is 84.4 Å². The monoisotopic (exact) mass is 548 g/mol. The molecule has 0 amide bonds. The van der Waals surface area contributed by atoms with Gasteiger partial charge >= 0.3 is 11.9 Å². The molecule has 39 heavy (non-hydrogen) atoms. The van der Waals surface area contributed by atoms with Crippen LogP contribution in [0.5, 0.6) is 0 Å². The van der Waals surface area contributed by atoms with Crippen molar-refractivity contribution in [2.75, 3.05) is 6.61 Å². The van der Waals surface area contributed by atoms with Crippen LogP contribution in [0.3, 0.4) is 0 Å². The highest BCUT2D eigenvalue weighted by atomic mass is 17.1. The van der Waals surface area contributed by atoms with Crippen molar-refractivity contribution in [1.29, 1.82) is 0 Å². The Hall–Kier alpha value is -2.37. The summed E-state index contributed by atoms with van der Waals surface area (Å²) in [6.45, 7) is 12.7. The molecule has 10 nitrogen and oxygen atoms in total. The van der Waals surface area contributed by atoms with Crippen LogP contribution in [-0.4, -0.2) is 73.9 Å². The van der Waals surface area contributed by atoms with Gasteiger partial charge in [-0.15, -0.1) is 0 Å². The first-order valence-corrected chi connectivity index (χ1v) is 13.4. The number of aliphatic hydroxyl groups excluding tert-OH is 1. The Morgan fingerprint density at radius 3 is 2.33 bits per heavy atom. The van der Waals surface area contributed by atoms with Crippen LogP contribution in [0.15, 0.2) is 34.9 Å². The first-order valence-electron chi connectivity index (χ1n) is 13.4. The lowest BCUT2D eigenvalue weighted by molar-refractivity contribution is -0.313. The summed E-state index contributed by atoms with van der Waals surface area (Å²) in [5.74, 6) is -6.51. The van der Waals surface area contributed by atoms with E-state index in [1.165, 1.54) is 13.0 Å². The van der Waals surface area contributed by atoms with Crippen LogP contribution in [0.4, 0.5) is 0 Å². The number of fused-ring (bicyclic) bond motifs is 5. The molecule has 0 aromatic heterocycles. The van der Waals surface area contributed by atoms with E-state index in [4.69, 9.17) is 14.4 Å². The zero-order chi connectivity index (χ0) is 29.5. The lowest BCUT2D eigenvalue weighted by Crippen LogP contribution is -2.68. The van der Waals surface area contributed by atoms with Crippen LogP contribution in [-0.2, 0) is 28.7 Å². The Bertz CT molecular complexity index is 1180. The Labute approximate surface area is 228 Å². The third-order valence-electron chi connectivity index (χ3n) is 9.90. The maximum absolute atomic E-state index is 13.3. The molecule has 4 aliphatic rings. The summed E-state index contributed by atoms with van der Waals surface area (Å²) in [6.07, 6.45) is 1.66. The number of allylic oxidation sites excluding steroid dienone is 1. The second kappa shape index (κ2) is 9.34. The predicted octanol–water partition coefficient (Wildman–Crippen LogP) is 2.12. The second-order valence-corrected chi connectivity index (χ2v) is 12.5. The second-order valence-electron chi connectivity index (χ2n) is 12.5. The number of rotatable bonds is 6. The molecule has 0 aliphatic heterocycles. The molecule has 0 aromatic rings. The predicted molar refractivity (Wildman–Crippen MR) is 138 cm³/mol. The molecule has 2 saturated carbocycles. The van der Waals surface area contributed by atoms with Gasteiger partial charge in [0.25, 0.3) is 0 Å². The number of ether oxygens (including phenoxy) is 2. The normalized spacial score (nSPS) is 42.5. The topological polar surface area (TPSA) is 160 Å². The number of Topliss-reactive ketones (excluding diaryl/α,β-unsaturated/α-hetero) is 1. The molecular weight excluding hydrogens is 508 g/mol. The van der Waals surface area contributed by atoms with E-state index >= 15 is 0 Å². The minimum Gasteiger partial charge on any atom is -0.454 e. The third-order valence-corrected chi connectivity index (χ3v) is 9.90. The van der Waals surface area contributed by atoms with Crippen molar-refractivity contribution in [3.05, 3.63) is 34.9 Å². The van der Waals surface area contributed by atoms with Crippen LogP contribution in [0.25, 0.3) is 0 Å². The fourth-order valence-electron chi connectivity index (χ4n) is 7.62. The Morgan fingerprint density at radius 1 is 1.21 bits per heavy atom. The van der Waals surface area contributed by atoms with Gasteiger partial charge in [-0.2, -0.15) is 0 Å². The maximum atomic E-state index is 13.3. The minimum atomic E-state index is -2.25. The Balaban J connectivity index is 2.01. The standard InChI is InChI=1S/C29H40O10/c1-9-14(4)25(33)37-23-16(6)28(35)18-10-15(5)22(31)27(18,34)11-17(12-30)20(39-36)19(28)21-26(7,8)29(21,23)38-24(32)13(2)3/h9-11,13,16,18-21,23,30,34-36H,12H2,1-8H3/b14-9+/t16-,18-,19+,20+,21-,23-,27-,28+,29-/m1/s1. The van der Waals surface area contributed by atoms with Gasteiger partial charge in [0.2, 0.25) is 0 Å². The molecule has 2 fully saturated rings. The third kappa shape index (κ3) is 3.68. The SMILES string of the molecule is C/C=C(\C)C(=O)O[C@@H]1[C@@H](C)[C@@]2(O)[C@H]([C@@H]3C(C)(C)[C@]13OC(=O)C(C)C)[C@@H](OO)C(CO)=C[C@]1(O)C(=O)C(C)=C[C@@H]21. The molecule has 0 spiro atoms. The first kappa shape index (κ1) is 29.6. The molecule has 0 saturated heterocycles. The molecule has 0 bridgehead atoms. The van der Waals surface area contributed by atoms with Gasteiger partial charge in [-0.3, -0.25) is 14.8 Å². The largest absolute Gasteiger partial charge is 0.454 e. The van der Waals surface area contributed by atoms with E-state index in [0.29, 0.717) is 5.57 Å². The number of ketones is 1. The molecule has 4 rings (SSSR count). The van der Waals surface area contributed by atoms with E-state index in [9.17, 15) is 35.0 Å². The van der Waals surface area contributed by atoms with Crippen LogP contribution < -0.4 is 0 Å². The van der Waals surface area contributed by atoms with Crippen LogP contribution in [0.2, 0.25) is 0 Å². The fraction of sp³-hybridized carbons (Fsp3) is 0.690. The molecule has 0 aromatic carbocycles. The number of hydrogen-bond donors (Lipinski definition) is 4. The van der Waals surface area contributed by atoms with E-state index in [1.807, 2.05) is 13.8 Å². The molecule has 4 N–H and O–H groups in total.